The molecular formula is C16H23NO2. The maximum absolute atomic E-state index is 11.7. The van der Waals surface area contributed by atoms with Crippen molar-refractivity contribution in [2.45, 2.75) is 44.6 Å². The summed E-state index contributed by atoms with van der Waals surface area (Å²) in [6, 6.07) is 10.3. The van der Waals surface area contributed by atoms with Gasteiger partial charge in [0.05, 0.1) is 0 Å². The molecule has 1 aromatic rings. The average molecular weight is 261 g/mol. The van der Waals surface area contributed by atoms with Crippen molar-refractivity contribution in [3.05, 3.63) is 35.9 Å². The van der Waals surface area contributed by atoms with Gasteiger partial charge in [-0.25, -0.2) is 0 Å². The van der Waals surface area contributed by atoms with Crippen LogP contribution in [0, 0.1) is 0 Å². The topological polar surface area (TPSA) is 40.5 Å². The van der Waals surface area contributed by atoms with Crippen molar-refractivity contribution in [2.24, 2.45) is 0 Å². The Balaban J connectivity index is 2.03. The Kier molecular flexibility index (Phi) is 4.59. The van der Waals surface area contributed by atoms with E-state index in [9.17, 15) is 9.90 Å². The van der Waals surface area contributed by atoms with Gasteiger partial charge in [-0.15, -0.1) is 0 Å². The molecule has 0 bridgehead atoms. The first-order valence-electron chi connectivity index (χ1n) is 7.21. The number of nitrogens with zero attached hydrogens (tertiary/aromatic N) is 1. The van der Waals surface area contributed by atoms with Gasteiger partial charge in [-0.1, -0.05) is 43.7 Å². The van der Waals surface area contributed by atoms with E-state index in [0.717, 1.165) is 45.2 Å². The van der Waals surface area contributed by atoms with E-state index in [2.05, 4.69) is 24.0 Å². The van der Waals surface area contributed by atoms with Crippen LogP contribution < -0.4 is 0 Å². The van der Waals surface area contributed by atoms with Crippen LogP contribution in [0.4, 0.5) is 0 Å². The fourth-order valence-electron chi connectivity index (χ4n) is 3.21. The smallest absolute Gasteiger partial charge is 0.324 e. The summed E-state index contributed by atoms with van der Waals surface area (Å²) < 4.78 is 0. The van der Waals surface area contributed by atoms with Crippen LogP contribution in [0.5, 0.6) is 0 Å². The molecule has 0 aromatic heterocycles. The Bertz CT molecular complexity index is 418. The number of carbonyl (C=O) groups is 1. The third kappa shape index (κ3) is 2.98. The van der Waals surface area contributed by atoms with Gasteiger partial charge in [0.15, 0.2) is 0 Å². The maximum Gasteiger partial charge on any atom is 0.324 e. The maximum atomic E-state index is 11.7. The van der Waals surface area contributed by atoms with Gasteiger partial charge in [-0.05, 0) is 37.8 Å². The summed E-state index contributed by atoms with van der Waals surface area (Å²) >= 11 is 0. The Morgan fingerprint density at radius 1 is 1.37 bits per heavy atom. The first kappa shape index (κ1) is 14.1. The van der Waals surface area contributed by atoms with E-state index in [-0.39, 0.29) is 0 Å². The quantitative estimate of drug-likeness (QED) is 0.856. The van der Waals surface area contributed by atoms with Gasteiger partial charge < -0.3 is 5.11 Å². The molecule has 3 nitrogen and oxygen atoms in total. The predicted molar refractivity (Wildman–Crippen MR) is 76.2 cm³/mol. The van der Waals surface area contributed by atoms with Gasteiger partial charge in [0, 0.05) is 6.54 Å². The summed E-state index contributed by atoms with van der Waals surface area (Å²) in [7, 11) is 0. The Labute approximate surface area is 115 Å². The van der Waals surface area contributed by atoms with E-state index in [1.165, 1.54) is 5.56 Å². The number of benzene rings is 1. The van der Waals surface area contributed by atoms with Crippen LogP contribution in [0.3, 0.4) is 0 Å². The van der Waals surface area contributed by atoms with Gasteiger partial charge in [-0.3, -0.25) is 9.69 Å². The van der Waals surface area contributed by atoms with Crippen LogP contribution >= 0.6 is 0 Å². The molecule has 1 atom stereocenters. The SMILES string of the molecule is CCCC1(C(=O)O)CCCN1CCc1ccccc1. The monoisotopic (exact) mass is 261 g/mol. The molecule has 104 valence electrons. The molecule has 2 rings (SSSR count). The van der Waals surface area contributed by atoms with E-state index in [0.29, 0.717) is 0 Å². The Morgan fingerprint density at radius 3 is 2.74 bits per heavy atom. The predicted octanol–water partition coefficient (Wildman–Crippen LogP) is 2.95. The number of aliphatic carboxylic acids is 1. The Morgan fingerprint density at radius 2 is 2.11 bits per heavy atom. The normalized spacial score (nSPS) is 23.6. The van der Waals surface area contributed by atoms with Crippen LogP contribution in [0.2, 0.25) is 0 Å². The van der Waals surface area contributed by atoms with Gasteiger partial charge >= 0.3 is 5.97 Å². The number of hydrogen-bond donors (Lipinski definition) is 1. The summed E-state index contributed by atoms with van der Waals surface area (Å²) in [5, 5.41) is 9.62. The van der Waals surface area contributed by atoms with E-state index in [4.69, 9.17) is 0 Å². The molecule has 1 aromatic carbocycles. The highest BCUT2D eigenvalue weighted by Crippen LogP contribution is 2.34. The van der Waals surface area contributed by atoms with Crippen LogP contribution in [-0.4, -0.2) is 34.6 Å². The molecule has 1 unspecified atom stereocenters. The summed E-state index contributed by atoms with van der Waals surface area (Å²) in [5.74, 6) is -0.639. The first-order chi connectivity index (χ1) is 9.19. The molecule has 0 amide bonds. The van der Waals surface area contributed by atoms with E-state index < -0.39 is 11.5 Å². The third-order valence-electron chi connectivity index (χ3n) is 4.20. The number of carboxylic acids is 1. The minimum atomic E-state index is -0.639. The molecule has 0 aliphatic carbocycles. The molecule has 1 saturated heterocycles. The van der Waals surface area contributed by atoms with Gasteiger partial charge in [0.25, 0.3) is 0 Å². The molecule has 1 heterocycles. The van der Waals surface area contributed by atoms with Crippen molar-refractivity contribution in [3.63, 3.8) is 0 Å². The molecule has 1 N–H and O–H groups in total. The lowest BCUT2D eigenvalue weighted by Crippen LogP contribution is -2.51. The van der Waals surface area contributed by atoms with Crippen molar-refractivity contribution < 1.29 is 9.90 Å². The average Bonchev–Trinajstić information content (AvgIpc) is 2.82. The fourth-order valence-corrected chi connectivity index (χ4v) is 3.21. The number of carboxylic acid groups (broad SMARTS) is 1. The van der Waals surface area contributed by atoms with E-state index >= 15 is 0 Å². The van der Waals surface area contributed by atoms with E-state index in [1.807, 2.05) is 18.2 Å². The number of hydrogen-bond acceptors (Lipinski definition) is 2. The second-order valence-electron chi connectivity index (χ2n) is 5.41. The van der Waals surface area contributed by atoms with Crippen LogP contribution in [0.1, 0.15) is 38.2 Å². The van der Waals surface area contributed by atoms with Gasteiger partial charge in [0.1, 0.15) is 5.54 Å². The Hall–Kier alpha value is -1.35. The highest BCUT2D eigenvalue weighted by molar-refractivity contribution is 5.79. The van der Waals surface area contributed by atoms with Crippen molar-refractivity contribution in [1.82, 2.24) is 4.90 Å². The highest BCUT2D eigenvalue weighted by atomic mass is 16.4. The lowest BCUT2D eigenvalue weighted by Gasteiger charge is -2.34. The standard InChI is InChI=1S/C16H23NO2/c1-2-10-16(15(18)19)11-6-12-17(16)13-9-14-7-4-3-5-8-14/h3-5,7-8H,2,6,9-13H2,1H3,(H,18,19). The zero-order valence-corrected chi connectivity index (χ0v) is 11.6. The first-order valence-corrected chi connectivity index (χ1v) is 7.21. The zero-order valence-electron chi connectivity index (χ0n) is 11.6. The summed E-state index contributed by atoms with van der Waals surface area (Å²) in [5.41, 5.74) is 0.675. The zero-order chi connectivity index (χ0) is 13.7. The molecule has 1 aliphatic heterocycles. The third-order valence-corrected chi connectivity index (χ3v) is 4.20. The molecule has 19 heavy (non-hydrogen) atoms. The fraction of sp³-hybridized carbons (Fsp3) is 0.562. The molecule has 0 saturated carbocycles. The molecule has 1 fully saturated rings. The second kappa shape index (κ2) is 6.20. The van der Waals surface area contributed by atoms with Crippen LogP contribution in [0.25, 0.3) is 0 Å². The van der Waals surface area contributed by atoms with Gasteiger partial charge in [0.2, 0.25) is 0 Å². The largest absolute Gasteiger partial charge is 0.480 e. The summed E-state index contributed by atoms with van der Waals surface area (Å²) in [6.45, 7) is 3.83. The van der Waals surface area contributed by atoms with E-state index in [1.54, 1.807) is 0 Å². The lowest BCUT2D eigenvalue weighted by molar-refractivity contribution is -0.150. The van der Waals surface area contributed by atoms with Crippen molar-refractivity contribution in [1.29, 1.82) is 0 Å². The van der Waals surface area contributed by atoms with Gasteiger partial charge in [-0.2, -0.15) is 0 Å². The number of rotatable bonds is 6. The molecule has 0 spiro atoms. The van der Waals surface area contributed by atoms with Crippen molar-refractivity contribution >= 4 is 5.97 Å². The van der Waals surface area contributed by atoms with Crippen LogP contribution in [-0.2, 0) is 11.2 Å². The summed E-state index contributed by atoms with van der Waals surface area (Å²) in [4.78, 5) is 13.9. The molecule has 1 aliphatic rings. The highest BCUT2D eigenvalue weighted by Gasteiger charge is 2.46. The molecule has 0 radical (unpaired) electrons. The second-order valence-corrected chi connectivity index (χ2v) is 5.41. The molecular weight excluding hydrogens is 238 g/mol. The van der Waals surface area contributed by atoms with Crippen molar-refractivity contribution in [3.8, 4) is 0 Å². The number of likely N-dealkylation sites (tertiary alicyclic amines) is 1. The van der Waals surface area contributed by atoms with Crippen LogP contribution in [0.15, 0.2) is 30.3 Å². The lowest BCUT2D eigenvalue weighted by atomic mass is 9.90. The molecule has 3 heteroatoms. The minimum Gasteiger partial charge on any atom is -0.480 e. The minimum absolute atomic E-state index is 0.608. The summed E-state index contributed by atoms with van der Waals surface area (Å²) in [6.07, 6.45) is 4.41. The van der Waals surface area contributed by atoms with Crippen molar-refractivity contribution in [2.75, 3.05) is 13.1 Å².